The number of urea groups is 1. The summed E-state index contributed by atoms with van der Waals surface area (Å²) in [6, 6.07) is 14.3. The fourth-order valence-corrected chi connectivity index (χ4v) is 3.90. The van der Waals surface area contributed by atoms with Crippen LogP contribution in [0.1, 0.15) is 44.7 Å². The number of carbonyl (C=O) groups excluding carboxylic acids is 1. The van der Waals surface area contributed by atoms with Gasteiger partial charge >= 0.3 is 6.03 Å². The van der Waals surface area contributed by atoms with Gasteiger partial charge in [-0.05, 0) is 62.2 Å². The summed E-state index contributed by atoms with van der Waals surface area (Å²) in [6.07, 6.45) is 0.825. The smallest absolute Gasteiger partial charge is 0.322 e. The number of allylic oxidation sites excluding steroid dienone is 1. The van der Waals surface area contributed by atoms with Crippen molar-refractivity contribution < 1.29 is 14.1 Å². The lowest BCUT2D eigenvalue weighted by Crippen LogP contribution is -2.46. The summed E-state index contributed by atoms with van der Waals surface area (Å²) >= 11 is 6.00. The Morgan fingerprint density at radius 1 is 1.12 bits per heavy atom. The Morgan fingerprint density at radius 2 is 1.84 bits per heavy atom. The fraction of sp³-hybridized carbons (Fsp3) is 0.292. The van der Waals surface area contributed by atoms with E-state index < -0.39 is 6.04 Å². The highest BCUT2D eigenvalue weighted by molar-refractivity contribution is 6.30. The molecule has 32 heavy (non-hydrogen) atoms. The van der Waals surface area contributed by atoms with Gasteiger partial charge in [0.2, 0.25) is 5.82 Å². The van der Waals surface area contributed by atoms with Gasteiger partial charge in [0, 0.05) is 22.8 Å². The summed E-state index contributed by atoms with van der Waals surface area (Å²) in [5.41, 5.74) is 3.26. The molecule has 8 heteroatoms. The molecule has 2 amide bonds. The number of hydrogen-bond acceptors (Lipinski definition) is 5. The molecule has 1 aliphatic rings. The third-order valence-electron chi connectivity index (χ3n) is 5.33. The summed E-state index contributed by atoms with van der Waals surface area (Å²) in [4.78, 5) is 19.2. The summed E-state index contributed by atoms with van der Waals surface area (Å²) in [7, 11) is 0. The maximum Gasteiger partial charge on any atom is 0.322 e. The van der Waals surface area contributed by atoms with E-state index in [1.54, 1.807) is 17.0 Å². The molecule has 3 aromatic rings. The minimum atomic E-state index is -0.426. The van der Waals surface area contributed by atoms with Crippen molar-refractivity contribution in [2.24, 2.45) is 0 Å². The van der Waals surface area contributed by atoms with Crippen molar-refractivity contribution in [2.45, 2.75) is 33.2 Å². The van der Waals surface area contributed by atoms with Crippen molar-refractivity contribution in [1.82, 2.24) is 20.4 Å². The number of rotatable bonds is 7. The molecule has 1 N–H and O–H groups in total. The predicted octanol–water partition coefficient (Wildman–Crippen LogP) is 5.70. The number of ether oxygens (including phenoxy) is 1. The Hall–Kier alpha value is -3.32. The van der Waals surface area contributed by atoms with Gasteiger partial charge in [0.1, 0.15) is 5.75 Å². The molecule has 0 spiro atoms. The van der Waals surface area contributed by atoms with Crippen LogP contribution in [0.25, 0.3) is 17.0 Å². The van der Waals surface area contributed by atoms with Gasteiger partial charge in [-0.25, -0.2) is 4.79 Å². The molecule has 4 rings (SSSR count). The van der Waals surface area contributed by atoms with Crippen LogP contribution >= 0.6 is 11.6 Å². The van der Waals surface area contributed by atoms with Crippen molar-refractivity contribution >= 4 is 23.2 Å². The Balaban J connectivity index is 1.76. The minimum absolute atomic E-state index is 0.149. The zero-order valence-electron chi connectivity index (χ0n) is 18.3. The van der Waals surface area contributed by atoms with Crippen LogP contribution in [0.3, 0.4) is 0 Å². The van der Waals surface area contributed by atoms with Gasteiger partial charge in [0.25, 0.3) is 5.89 Å². The quantitative estimate of drug-likeness (QED) is 0.497. The van der Waals surface area contributed by atoms with Crippen molar-refractivity contribution in [3.8, 4) is 17.1 Å². The van der Waals surface area contributed by atoms with E-state index in [4.69, 9.17) is 20.9 Å². The zero-order chi connectivity index (χ0) is 22.7. The number of nitrogens with zero attached hydrogens (tertiary/aromatic N) is 3. The van der Waals surface area contributed by atoms with E-state index in [2.05, 4.69) is 15.5 Å². The van der Waals surface area contributed by atoms with Gasteiger partial charge < -0.3 is 14.6 Å². The van der Waals surface area contributed by atoms with E-state index >= 15 is 0 Å². The van der Waals surface area contributed by atoms with E-state index in [9.17, 15) is 4.79 Å². The summed E-state index contributed by atoms with van der Waals surface area (Å²) < 4.78 is 11.2. The molecule has 2 heterocycles. The molecular weight excluding hydrogens is 428 g/mol. The van der Waals surface area contributed by atoms with E-state index in [0.29, 0.717) is 29.9 Å². The Labute approximate surface area is 192 Å². The maximum absolute atomic E-state index is 12.9. The van der Waals surface area contributed by atoms with Crippen LogP contribution in [0, 0.1) is 0 Å². The monoisotopic (exact) mass is 452 g/mol. The van der Waals surface area contributed by atoms with Gasteiger partial charge in [-0.3, -0.25) is 4.90 Å². The molecule has 0 radical (unpaired) electrons. The average molecular weight is 453 g/mol. The number of nitrogens with one attached hydrogen (secondary N) is 1. The number of halogens is 1. The molecule has 1 unspecified atom stereocenters. The summed E-state index contributed by atoms with van der Waals surface area (Å²) in [6.45, 7) is 7.07. The first-order valence-electron chi connectivity index (χ1n) is 10.6. The number of hydrogen-bond donors (Lipinski definition) is 1. The number of aromatic nitrogens is 2. The van der Waals surface area contributed by atoms with E-state index in [0.717, 1.165) is 34.6 Å². The summed E-state index contributed by atoms with van der Waals surface area (Å²) in [5, 5.41) is 7.90. The van der Waals surface area contributed by atoms with Crippen LogP contribution in [0.4, 0.5) is 4.79 Å². The Kier molecular flexibility index (Phi) is 6.46. The number of amides is 2. The Morgan fingerprint density at radius 3 is 2.50 bits per heavy atom. The van der Waals surface area contributed by atoms with E-state index in [1.807, 2.05) is 57.2 Å². The zero-order valence-corrected chi connectivity index (χ0v) is 19.0. The van der Waals surface area contributed by atoms with Gasteiger partial charge in [0.15, 0.2) is 0 Å². The highest BCUT2D eigenvalue weighted by atomic mass is 35.5. The molecule has 0 saturated carbocycles. The third kappa shape index (κ3) is 4.34. The molecule has 0 bridgehead atoms. The molecule has 0 fully saturated rings. The minimum Gasteiger partial charge on any atom is -0.494 e. The fourth-order valence-electron chi connectivity index (χ4n) is 3.77. The van der Waals surface area contributed by atoms with Crippen LogP contribution in [0.5, 0.6) is 5.75 Å². The highest BCUT2D eigenvalue weighted by Gasteiger charge is 2.35. The van der Waals surface area contributed by atoms with Crippen LogP contribution in [-0.4, -0.2) is 34.2 Å². The van der Waals surface area contributed by atoms with Crippen LogP contribution < -0.4 is 10.1 Å². The van der Waals surface area contributed by atoms with Crippen LogP contribution in [0.15, 0.2) is 58.8 Å². The topological polar surface area (TPSA) is 80.5 Å². The second-order valence-corrected chi connectivity index (χ2v) is 7.90. The molecular formula is C24H25ClN4O3. The maximum atomic E-state index is 12.9. The molecule has 0 aliphatic carbocycles. The number of carbonyl (C=O) groups is 1. The van der Waals surface area contributed by atoms with E-state index in [-0.39, 0.29) is 6.03 Å². The predicted molar refractivity (Wildman–Crippen MR) is 123 cm³/mol. The largest absolute Gasteiger partial charge is 0.494 e. The second kappa shape index (κ2) is 9.44. The second-order valence-electron chi connectivity index (χ2n) is 7.47. The van der Waals surface area contributed by atoms with Crippen LogP contribution in [0.2, 0.25) is 5.02 Å². The first kappa shape index (κ1) is 21.9. The lowest BCUT2D eigenvalue weighted by molar-refractivity contribution is 0.205. The molecule has 1 atom stereocenters. The first-order valence-corrected chi connectivity index (χ1v) is 11.0. The van der Waals surface area contributed by atoms with E-state index in [1.165, 1.54) is 0 Å². The van der Waals surface area contributed by atoms with Gasteiger partial charge in [0.05, 0.1) is 18.2 Å². The van der Waals surface area contributed by atoms with Crippen molar-refractivity contribution in [2.75, 3.05) is 13.2 Å². The van der Waals surface area contributed by atoms with Crippen molar-refractivity contribution in [1.29, 1.82) is 0 Å². The number of benzene rings is 2. The van der Waals surface area contributed by atoms with Gasteiger partial charge in [-0.15, -0.1) is 0 Å². The molecule has 166 valence electrons. The van der Waals surface area contributed by atoms with Crippen LogP contribution in [-0.2, 0) is 0 Å². The van der Waals surface area contributed by atoms with Gasteiger partial charge in [-0.2, -0.15) is 4.98 Å². The van der Waals surface area contributed by atoms with Crippen molar-refractivity contribution in [3.63, 3.8) is 0 Å². The lowest BCUT2D eigenvalue weighted by Gasteiger charge is -2.35. The van der Waals surface area contributed by atoms with Crippen molar-refractivity contribution in [3.05, 3.63) is 70.7 Å². The molecule has 1 aromatic heterocycles. The molecule has 1 aliphatic heterocycles. The molecule has 0 saturated heterocycles. The normalized spacial score (nSPS) is 16.3. The highest BCUT2D eigenvalue weighted by Crippen LogP contribution is 2.37. The Bertz CT molecular complexity index is 1120. The molecule has 7 nitrogen and oxygen atoms in total. The molecule has 2 aromatic carbocycles. The standard InChI is InChI=1S/C24H25ClN4O3/c1-4-14-29-15(3)20(23-27-22(28-32-23)17-6-10-18(25)11-7-17)21(26-24(29)30)16-8-12-19(13-9-16)31-5-2/h6-13,21H,4-5,14H2,1-3H3,(H,26,30). The third-order valence-corrected chi connectivity index (χ3v) is 5.58. The lowest BCUT2D eigenvalue weighted by atomic mass is 9.94. The average Bonchev–Trinajstić information content (AvgIpc) is 3.27. The first-order chi connectivity index (χ1) is 15.5. The summed E-state index contributed by atoms with van der Waals surface area (Å²) in [5.74, 6) is 1.60. The van der Waals surface area contributed by atoms with Gasteiger partial charge in [-0.1, -0.05) is 35.8 Å². The SMILES string of the molecule is CCCN1C(=O)NC(c2ccc(OCC)cc2)C(c2nc(-c3ccc(Cl)cc3)no2)=C1C.